The van der Waals surface area contributed by atoms with Crippen LogP contribution in [0.3, 0.4) is 0 Å². The number of thioether (sulfide) groups is 1. The van der Waals surface area contributed by atoms with Crippen molar-refractivity contribution >= 4 is 47.4 Å². The zero-order chi connectivity index (χ0) is 21.2. The molecule has 2 N–H and O–H groups in total. The maximum atomic E-state index is 5.99. The quantitative estimate of drug-likeness (QED) is 0.292. The normalized spacial score (nSPS) is 14.9. The van der Waals surface area contributed by atoms with E-state index >= 15 is 0 Å². The lowest BCUT2D eigenvalue weighted by Crippen LogP contribution is -2.41. The molecule has 3 rings (SSSR count). The van der Waals surface area contributed by atoms with E-state index in [9.17, 15) is 0 Å². The van der Waals surface area contributed by atoms with Gasteiger partial charge in [0.25, 0.3) is 0 Å². The van der Waals surface area contributed by atoms with Crippen LogP contribution in [-0.4, -0.2) is 57.4 Å². The SMILES string of the molecule is CN=C(NCc1ccc(N2CCSCC2)cc1)NCC(C)Oc1ccccc1OC.I. The van der Waals surface area contributed by atoms with Gasteiger partial charge in [-0.05, 0) is 36.8 Å². The van der Waals surface area contributed by atoms with Crippen LogP contribution in [0.1, 0.15) is 12.5 Å². The van der Waals surface area contributed by atoms with Gasteiger partial charge in [-0.25, -0.2) is 0 Å². The molecule has 8 heteroatoms. The number of ether oxygens (including phenoxy) is 2. The first-order chi connectivity index (χ1) is 14.7. The van der Waals surface area contributed by atoms with Gasteiger partial charge >= 0.3 is 0 Å². The molecule has 1 aliphatic rings. The largest absolute Gasteiger partial charge is 0.493 e. The topological polar surface area (TPSA) is 58.1 Å². The molecule has 1 heterocycles. The number of anilines is 1. The standard InChI is InChI=1S/C23H32N4O2S.HI/c1-18(29-22-7-5-4-6-21(22)28-3)16-25-23(24-2)26-17-19-8-10-20(11-9-19)27-12-14-30-15-13-27;/h4-11,18H,12-17H2,1-3H3,(H2,24,25,26);1H. The van der Waals surface area contributed by atoms with E-state index in [0.717, 1.165) is 37.1 Å². The van der Waals surface area contributed by atoms with Crippen molar-refractivity contribution in [2.45, 2.75) is 19.6 Å². The number of nitrogens with one attached hydrogen (secondary N) is 2. The summed E-state index contributed by atoms with van der Waals surface area (Å²) in [6, 6.07) is 16.5. The summed E-state index contributed by atoms with van der Waals surface area (Å²) < 4.78 is 11.3. The van der Waals surface area contributed by atoms with Crippen LogP contribution in [0, 0.1) is 0 Å². The maximum Gasteiger partial charge on any atom is 0.191 e. The van der Waals surface area contributed by atoms with E-state index < -0.39 is 0 Å². The van der Waals surface area contributed by atoms with Crippen molar-refractivity contribution in [1.82, 2.24) is 10.6 Å². The summed E-state index contributed by atoms with van der Waals surface area (Å²) in [7, 11) is 3.42. The second kappa shape index (κ2) is 13.6. The average molecular weight is 557 g/mol. The molecule has 1 aliphatic heterocycles. The van der Waals surface area contributed by atoms with Crippen LogP contribution in [0.2, 0.25) is 0 Å². The summed E-state index contributed by atoms with van der Waals surface area (Å²) in [5.41, 5.74) is 2.54. The van der Waals surface area contributed by atoms with Crippen molar-refractivity contribution < 1.29 is 9.47 Å². The highest BCUT2D eigenvalue weighted by Gasteiger charge is 2.11. The number of nitrogens with zero attached hydrogens (tertiary/aromatic N) is 2. The molecule has 0 radical (unpaired) electrons. The minimum Gasteiger partial charge on any atom is -0.493 e. The first kappa shape index (κ1) is 25.5. The van der Waals surface area contributed by atoms with E-state index in [0.29, 0.717) is 6.54 Å². The Bertz CT molecular complexity index is 813. The molecule has 1 unspecified atom stereocenters. The number of aliphatic imine (C=N–C) groups is 1. The van der Waals surface area contributed by atoms with Crippen molar-refractivity contribution in [3.63, 3.8) is 0 Å². The molecule has 0 aromatic heterocycles. The van der Waals surface area contributed by atoms with Gasteiger partial charge in [0.15, 0.2) is 17.5 Å². The van der Waals surface area contributed by atoms with Gasteiger partial charge in [-0.1, -0.05) is 24.3 Å². The molecule has 0 saturated carbocycles. The van der Waals surface area contributed by atoms with Crippen molar-refractivity contribution in [1.29, 1.82) is 0 Å². The monoisotopic (exact) mass is 556 g/mol. The van der Waals surface area contributed by atoms with E-state index in [4.69, 9.17) is 9.47 Å². The summed E-state index contributed by atoms with van der Waals surface area (Å²) in [5.74, 6) is 4.65. The van der Waals surface area contributed by atoms with Crippen LogP contribution in [0.25, 0.3) is 0 Å². The lowest BCUT2D eigenvalue weighted by Gasteiger charge is -2.28. The number of methoxy groups -OCH3 is 1. The number of hydrogen-bond acceptors (Lipinski definition) is 5. The third-order valence-corrected chi connectivity index (χ3v) is 5.89. The number of guanidine groups is 1. The van der Waals surface area contributed by atoms with E-state index in [-0.39, 0.29) is 30.1 Å². The molecule has 170 valence electrons. The Hall–Kier alpha value is -1.81. The van der Waals surface area contributed by atoms with Gasteiger partial charge in [-0.3, -0.25) is 4.99 Å². The van der Waals surface area contributed by atoms with Crippen molar-refractivity contribution in [2.24, 2.45) is 4.99 Å². The van der Waals surface area contributed by atoms with Gasteiger partial charge in [0.2, 0.25) is 0 Å². The minimum atomic E-state index is -0.0400. The molecule has 1 saturated heterocycles. The lowest BCUT2D eigenvalue weighted by molar-refractivity contribution is 0.213. The molecule has 0 amide bonds. The Balaban J connectivity index is 0.00000341. The Morgan fingerprint density at radius 1 is 1.06 bits per heavy atom. The molecule has 31 heavy (non-hydrogen) atoms. The molecule has 2 aromatic rings. The van der Waals surface area contributed by atoms with Crippen LogP contribution < -0.4 is 25.0 Å². The summed E-state index contributed by atoms with van der Waals surface area (Å²) in [5, 5.41) is 6.69. The van der Waals surface area contributed by atoms with Gasteiger partial charge in [-0.2, -0.15) is 11.8 Å². The molecule has 0 aliphatic carbocycles. The third-order valence-electron chi connectivity index (χ3n) is 4.95. The minimum absolute atomic E-state index is 0. The zero-order valence-corrected chi connectivity index (χ0v) is 21.6. The van der Waals surface area contributed by atoms with Crippen molar-refractivity contribution in [3.8, 4) is 11.5 Å². The summed E-state index contributed by atoms with van der Waals surface area (Å²) in [6.45, 7) is 5.63. The molecule has 0 spiro atoms. The van der Waals surface area contributed by atoms with Crippen LogP contribution >= 0.6 is 35.7 Å². The molecule has 2 aromatic carbocycles. The predicted octanol–water partition coefficient (Wildman–Crippen LogP) is 4.00. The average Bonchev–Trinajstić information content (AvgIpc) is 2.80. The maximum absolute atomic E-state index is 5.99. The van der Waals surface area contributed by atoms with E-state index in [2.05, 4.69) is 44.8 Å². The van der Waals surface area contributed by atoms with Crippen molar-refractivity contribution in [2.75, 3.05) is 50.2 Å². The summed E-state index contributed by atoms with van der Waals surface area (Å²) in [6.07, 6.45) is -0.0400. The number of rotatable bonds is 8. The summed E-state index contributed by atoms with van der Waals surface area (Å²) >= 11 is 2.03. The molecule has 1 atom stereocenters. The summed E-state index contributed by atoms with van der Waals surface area (Å²) in [4.78, 5) is 6.77. The van der Waals surface area contributed by atoms with Gasteiger partial charge in [-0.15, -0.1) is 24.0 Å². The first-order valence-corrected chi connectivity index (χ1v) is 11.5. The van der Waals surface area contributed by atoms with Crippen LogP contribution in [0.15, 0.2) is 53.5 Å². The van der Waals surface area contributed by atoms with Crippen LogP contribution in [0.4, 0.5) is 5.69 Å². The second-order valence-electron chi connectivity index (χ2n) is 7.15. The van der Waals surface area contributed by atoms with Gasteiger partial charge in [0, 0.05) is 43.9 Å². The van der Waals surface area contributed by atoms with Crippen LogP contribution in [0.5, 0.6) is 11.5 Å². The van der Waals surface area contributed by atoms with Crippen molar-refractivity contribution in [3.05, 3.63) is 54.1 Å². The fraction of sp³-hybridized carbons (Fsp3) is 0.435. The van der Waals surface area contributed by atoms with Gasteiger partial charge < -0.3 is 25.0 Å². The smallest absolute Gasteiger partial charge is 0.191 e. The highest BCUT2D eigenvalue weighted by atomic mass is 127. The Kier molecular flexibility index (Phi) is 11.1. The van der Waals surface area contributed by atoms with E-state index in [1.807, 2.05) is 43.0 Å². The molecule has 6 nitrogen and oxygen atoms in total. The zero-order valence-electron chi connectivity index (χ0n) is 18.5. The number of halogens is 1. The Labute approximate surface area is 207 Å². The second-order valence-corrected chi connectivity index (χ2v) is 8.38. The lowest BCUT2D eigenvalue weighted by atomic mass is 10.2. The molecular weight excluding hydrogens is 523 g/mol. The Morgan fingerprint density at radius 3 is 2.39 bits per heavy atom. The van der Waals surface area contributed by atoms with Gasteiger partial charge in [0.1, 0.15) is 6.10 Å². The molecular formula is C23H33IN4O2S. The van der Waals surface area contributed by atoms with E-state index in [1.54, 1.807) is 14.2 Å². The molecule has 1 fully saturated rings. The number of para-hydroxylation sites is 2. The highest BCUT2D eigenvalue weighted by molar-refractivity contribution is 14.0. The molecule has 0 bridgehead atoms. The van der Waals surface area contributed by atoms with Gasteiger partial charge in [0.05, 0.1) is 13.7 Å². The first-order valence-electron chi connectivity index (χ1n) is 10.4. The fourth-order valence-electron chi connectivity index (χ4n) is 3.27. The van der Waals surface area contributed by atoms with Crippen LogP contribution in [-0.2, 0) is 6.54 Å². The van der Waals surface area contributed by atoms with E-state index in [1.165, 1.54) is 22.8 Å². The third kappa shape index (κ3) is 7.99. The Morgan fingerprint density at radius 2 is 1.74 bits per heavy atom. The highest BCUT2D eigenvalue weighted by Crippen LogP contribution is 2.26. The fourth-order valence-corrected chi connectivity index (χ4v) is 4.17. The number of hydrogen-bond donors (Lipinski definition) is 2. The predicted molar refractivity (Wildman–Crippen MR) is 143 cm³/mol. The number of benzene rings is 2.